The summed E-state index contributed by atoms with van der Waals surface area (Å²) >= 11 is 12.3. The third kappa shape index (κ3) is 3.93. The van der Waals surface area contributed by atoms with E-state index in [9.17, 15) is 4.79 Å². The van der Waals surface area contributed by atoms with E-state index in [1.165, 1.54) is 17.3 Å². The Hall–Kier alpha value is -2.83. The summed E-state index contributed by atoms with van der Waals surface area (Å²) in [6, 6.07) is 8.59. The molecule has 8 heteroatoms. The Morgan fingerprint density at radius 2 is 2.07 bits per heavy atom. The van der Waals surface area contributed by atoms with Crippen LogP contribution in [-0.2, 0) is 6.42 Å². The fourth-order valence-corrected chi connectivity index (χ4v) is 3.91. The standard InChI is InChI=1S/C22H19Cl2N3O3/c1-22(2)10-15-6-14(8-19(29-3)21(15)30-22)20(28)18(27-12-25-11-26-27)7-13-4-5-16(23)9-17(13)24/h4-9,11-12H,10H2,1-3H3. The first-order chi connectivity index (χ1) is 14.3. The number of halogens is 2. The van der Waals surface area contributed by atoms with Crippen LogP contribution in [0.25, 0.3) is 11.8 Å². The summed E-state index contributed by atoms with van der Waals surface area (Å²) < 4.78 is 12.9. The molecule has 4 rings (SSSR count). The molecule has 0 saturated heterocycles. The number of ketones is 1. The Morgan fingerprint density at radius 3 is 2.73 bits per heavy atom. The number of carbonyl (C=O) groups excluding carboxylic acids is 1. The third-order valence-corrected chi connectivity index (χ3v) is 5.32. The number of methoxy groups -OCH3 is 1. The molecule has 0 unspecified atom stereocenters. The van der Waals surface area contributed by atoms with Crippen molar-refractivity contribution in [3.8, 4) is 11.5 Å². The smallest absolute Gasteiger partial charge is 0.211 e. The molecule has 0 atom stereocenters. The lowest BCUT2D eigenvalue weighted by Crippen LogP contribution is -2.24. The third-order valence-electron chi connectivity index (χ3n) is 4.76. The molecule has 1 aliphatic heterocycles. The van der Waals surface area contributed by atoms with Gasteiger partial charge in [-0.2, -0.15) is 5.10 Å². The van der Waals surface area contributed by atoms with Gasteiger partial charge in [0.15, 0.2) is 11.5 Å². The van der Waals surface area contributed by atoms with E-state index < -0.39 is 0 Å². The number of rotatable bonds is 5. The van der Waals surface area contributed by atoms with E-state index in [1.807, 2.05) is 19.9 Å². The lowest BCUT2D eigenvalue weighted by molar-refractivity contribution is 0.105. The van der Waals surface area contributed by atoms with Crippen LogP contribution in [0.1, 0.15) is 35.3 Å². The average Bonchev–Trinajstić information content (AvgIpc) is 3.32. The Kier molecular flexibility index (Phi) is 5.30. The van der Waals surface area contributed by atoms with Crippen molar-refractivity contribution in [2.45, 2.75) is 25.9 Å². The van der Waals surface area contributed by atoms with E-state index in [4.69, 9.17) is 32.7 Å². The normalized spacial score (nSPS) is 14.9. The number of nitrogens with zero attached hydrogens (tertiary/aromatic N) is 3. The van der Waals surface area contributed by atoms with Crippen LogP contribution >= 0.6 is 23.2 Å². The van der Waals surface area contributed by atoms with Crippen molar-refractivity contribution >= 4 is 40.8 Å². The summed E-state index contributed by atoms with van der Waals surface area (Å²) in [5.74, 6) is 0.937. The zero-order valence-electron chi connectivity index (χ0n) is 16.6. The molecule has 0 bridgehead atoms. The van der Waals surface area contributed by atoms with Crippen LogP contribution in [0.2, 0.25) is 10.0 Å². The van der Waals surface area contributed by atoms with Gasteiger partial charge in [-0.1, -0.05) is 29.3 Å². The second kappa shape index (κ2) is 7.78. The molecule has 2 heterocycles. The van der Waals surface area contributed by atoms with Gasteiger partial charge in [-0.25, -0.2) is 9.67 Å². The van der Waals surface area contributed by atoms with Crippen LogP contribution < -0.4 is 9.47 Å². The minimum atomic E-state index is -0.362. The summed E-state index contributed by atoms with van der Waals surface area (Å²) in [5.41, 5.74) is 1.94. The van der Waals surface area contributed by atoms with Gasteiger partial charge in [-0.05, 0) is 49.8 Å². The summed E-state index contributed by atoms with van der Waals surface area (Å²) in [6.07, 6.45) is 5.16. The predicted molar refractivity (Wildman–Crippen MR) is 116 cm³/mol. The molecule has 0 radical (unpaired) electrons. The Morgan fingerprint density at radius 1 is 1.27 bits per heavy atom. The van der Waals surface area contributed by atoms with E-state index >= 15 is 0 Å². The number of hydrogen-bond donors (Lipinski definition) is 0. The predicted octanol–water partition coefficient (Wildman–Crippen LogP) is 5.19. The summed E-state index contributed by atoms with van der Waals surface area (Å²) in [5, 5.41) is 5.07. The van der Waals surface area contributed by atoms with E-state index in [0.29, 0.717) is 39.1 Å². The van der Waals surface area contributed by atoms with E-state index in [1.54, 1.807) is 37.5 Å². The van der Waals surface area contributed by atoms with Crippen molar-refractivity contribution in [1.82, 2.24) is 14.8 Å². The quantitative estimate of drug-likeness (QED) is 0.400. The molecule has 1 aliphatic rings. The zero-order chi connectivity index (χ0) is 21.5. The first-order valence-electron chi connectivity index (χ1n) is 9.24. The molecule has 6 nitrogen and oxygen atoms in total. The number of allylic oxidation sites excluding steroid dienone is 1. The van der Waals surface area contributed by atoms with Crippen LogP contribution in [0.5, 0.6) is 11.5 Å². The monoisotopic (exact) mass is 443 g/mol. The molecular formula is C22H19Cl2N3O3. The maximum absolute atomic E-state index is 13.5. The van der Waals surface area contributed by atoms with Crippen LogP contribution in [0, 0.1) is 0 Å². The number of ether oxygens (including phenoxy) is 2. The number of benzene rings is 2. The fourth-order valence-electron chi connectivity index (χ4n) is 3.44. The SMILES string of the molecule is COc1cc(C(=O)C(=Cc2ccc(Cl)cc2Cl)n2cncn2)cc2c1OC(C)(C)C2. The maximum Gasteiger partial charge on any atom is 0.211 e. The highest BCUT2D eigenvalue weighted by atomic mass is 35.5. The van der Waals surface area contributed by atoms with Crippen LogP contribution in [0.3, 0.4) is 0 Å². The molecule has 0 spiro atoms. The molecule has 3 aromatic rings. The first kappa shape index (κ1) is 20.4. The molecule has 1 aromatic heterocycles. The van der Waals surface area contributed by atoms with Crippen molar-refractivity contribution in [2.24, 2.45) is 0 Å². The number of Topliss-reactive ketones (excluding diaryl/α,β-unsaturated/α-hetero) is 1. The van der Waals surface area contributed by atoms with Crippen molar-refractivity contribution in [3.63, 3.8) is 0 Å². The summed E-state index contributed by atoms with van der Waals surface area (Å²) in [6.45, 7) is 3.99. The molecule has 0 aliphatic carbocycles. The molecule has 0 fully saturated rings. The second-order valence-electron chi connectivity index (χ2n) is 7.57. The van der Waals surface area contributed by atoms with Crippen LogP contribution in [0.4, 0.5) is 0 Å². The van der Waals surface area contributed by atoms with Crippen molar-refractivity contribution in [2.75, 3.05) is 7.11 Å². The van der Waals surface area contributed by atoms with Crippen LogP contribution in [0.15, 0.2) is 43.0 Å². The van der Waals surface area contributed by atoms with Gasteiger partial charge in [0.2, 0.25) is 5.78 Å². The first-order valence-corrected chi connectivity index (χ1v) is 9.99. The number of fused-ring (bicyclic) bond motifs is 1. The topological polar surface area (TPSA) is 66.2 Å². The largest absolute Gasteiger partial charge is 0.493 e. The van der Waals surface area contributed by atoms with E-state index in [2.05, 4.69) is 10.1 Å². The van der Waals surface area contributed by atoms with Gasteiger partial charge in [0, 0.05) is 27.6 Å². The molecule has 2 aromatic carbocycles. The van der Waals surface area contributed by atoms with Gasteiger partial charge in [0.05, 0.1) is 7.11 Å². The van der Waals surface area contributed by atoms with Gasteiger partial charge in [0.25, 0.3) is 0 Å². The molecule has 0 amide bonds. The average molecular weight is 444 g/mol. The Balaban J connectivity index is 1.82. The number of aromatic nitrogens is 3. The summed E-state index contributed by atoms with van der Waals surface area (Å²) in [7, 11) is 1.56. The van der Waals surface area contributed by atoms with E-state index in [-0.39, 0.29) is 17.1 Å². The van der Waals surface area contributed by atoms with Crippen molar-refractivity contribution < 1.29 is 14.3 Å². The van der Waals surface area contributed by atoms with Gasteiger partial charge < -0.3 is 9.47 Å². The molecule has 154 valence electrons. The van der Waals surface area contributed by atoms with Gasteiger partial charge >= 0.3 is 0 Å². The highest BCUT2D eigenvalue weighted by molar-refractivity contribution is 6.36. The lowest BCUT2D eigenvalue weighted by Gasteiger charge is -2.17. The fraction of sp³-hybridized carbons (Fsp3) is 0.227. The maximum atomic E-state index is 13.5. The second-order valence-corrected chi connectivity index (χ2v) is 8.41. The highest BCUT2D eigenvalue weighted by Gasteiger charge is 2.34. The highest BCUT2D eigenvalue weighted by Crippen LogP contribution is 2.43. The molecule has 30 heavy (non-hydrogen) atoms. The van der Waals surface area contributed by atoms with Crippen LogP contribution in [-0.4, -0.2) is 33.3 Å². The van der Waals surface area contributed by atoms with E-state index in [0.717, 1.165) is 5.56 Å². The van der Waals surface area contributed by atoms with Gasteiger partial charge in [0.1, 0.15) is 24.0 Å². The van der Waals surface area contributed by atoms with Crippen molar-refractivity contribution in [3.05, 3.63) is 69.7 Å². The minimum absolute atomic E-state index is 0.252. The number of hydrogen-bond acceptors (Lipinski definition) is 5. The van der Waals surface area contributed by atoms with Gasteiger partial charge in [-0.3, -0.25) is 4.79 Å². The molecule has 0 N–H and O–H groups in total. The Labute approximate surface area is 184 Å². The van der Waals surface area contributed by atoms with Crippen molar-refractivity contribution in [1.29, 1.82) is 0 Å². The summed E-state index contributed by atoms with van der Waals surface area (Å²) in [4.78, 5) is 17.5. The lowest BCUT2D eigenvalue weighted by atomic mass is 9.97. The number of carbonyl (C=O) groups is 1. The molecule has 0 saturated carbocycles. The Bertz CT molecular complexity index is 1150. The minimum Gasteiger partial charge on any atom is -0.493 e. The zero-order valence-corrected chi connectivity index (χ0v) is 18.2. The molecular weight excluding hydrogens is 425 g/mol. The van der Waals surface area contributed by atoms with Gasteiger partial charge in [-0.15, -0.1) is 0 Å².